The fraction of sp³-hybridized carbons (Fsp3) is 0.391. The van der Waals surface area contributed by atoms with Gasteiger partial charge in [-0.05, 0) is 56.3 Å². The van der Waals surface area contributed by atoms with Crippen LogP contribution in [0.15, 0.2) is 55.0 Å². The number of anilines is 1. The number of aromatic nitrogens is 4. The van der Waals surface area contributed by atoms with E-state index < -0.39 is 5.54 Å². The molecular formula is C23H26FN7O. The monoisotopic (exact) mass is 435 g/mol. The summed E-state index contributed by atoms with van der Waals surface area (Å²) in [6, 6.07) is 10.3. The van der Waals surface area contributed by atoms with Crippen molar-refractivity contribution in [1.82, 2.24) is 29.8 Å². The Morgan fingerprint density at radius 3 is 2.59 bits per heavy atom. The number of piperidine rings is 1. The summed E-state index contributed by atoms with van der Waals surface area (Å²) in [5.41, 5.74) is 1.97. The summed E-state index contributed by atoms with van der Waals surface area (Å²) in [7, 11) is 2.08. The molecule has 2 aromatic heterocycles. The van der Waals surface area contributed by atoms with E-state index >= 15 is 0 Å². The van der Waals surface area contributed by atoms with Crippen LogP contribution in [0.3, 0.4) is 0 Å². The molecule has 1 spiro atoms. The van der Waals surface area contributed by atoms with Gasteiger partial charge in [0.1, 0.15) is 17.1 Å². The van der Waals surface area contributed by atoms with E-state index in [1.54, 1.807) is 29.2 Å². The minimum Gasteiger partial charge on any atom is -0.339 e. The number of pyridine rings is 1. The molecule has 0 unspecified atom stereocenters. The van der Waals surface area contributed by atoms with Gasteiger partial charge in [-0.3, -0.25) is 14.5 Å². The van der Waals surface area contributed by atoms with Crippen molar-refractivity contribution in [2.45, 2.75) is 24.9 Å². The highest BCUT2D eigenvalue weighted by Crippen LogP contribution is 2.39. The third-order valence-corrected chi connectivity index (χ3v) is 6.56. The van der Waals surface area contributed by atoms with Gasteiger partial charge in [-0.15, -0.1) is 5.10 Å². The van der Waals surface area contributed by atoms with Crippen molar-refractivity contribution >= 4 is 11.6 Å². The number of rotatable bonds is 5. The highest BCUT2D eigenvalue weighted by atomic mass is 19.1. The Kier molecular flexibility index (Phi) is 5.34. The molecule has 0 saturated carbocycles. The van der Waals surface area contributed by atoms with E-state index in [4.69, 9.17) is 0 Å². The number of likely N-dealkylation sites (tertiary alicyclic amines) is 1. The minimum atomic E-state index is -0.576. The van der Waals surface area contributed by atoms with Crippen LogP contribution in [-0.4, -0.2) is 74.6 Å². The number of hydrogen-bond acceptors (Lipinski definition) is 6. The standard InChI is InChI=1S/C23H26FN7O/c1-28-11-8-23(9-12-28)22(32)29(17-31(23)20-6-4-19(24)5-7-20)13-14-30-16-21(26-27-30)18-3-2-10-25-15-18/h2-7,10,15-16H,8-9,11-14,17H2,1H3. The SMILES string of the molecule is CN1CCC2(CC1)C(=O)N(CCn1cc(-c3cccnc3)nn1)CN2c1ccc(F)cc1. The van der Waals surface area contributed by atoms with Crippen LogP contribution in [-0.2, 0) is 11.3 Å². The molecule has 0 bridgehead atoms. The minimum absolute atomic E-state index is 0.141. The summed E-state index contributed by atoms with van der Waals surface area (Å²) in [5, 5.41) is 8.45. The van der Waals surface area contributed by atoms with Gasteiger partial charge >= 0.3 is 0 Å². The lowest BCUT2D eigenvalue weighted by atomic mass is 9.85. The second kappa shape index (κ2) is 8.31. The first kappa shape index (κ1) is 20.6. The molecule has 5 rings (SSSR count). The lowest BCUT2D eigenvalue weighted by Gasteiger charge is -2.42. The molecule has 2 saturated heterocycles. The zero-order valence-corrected chi connectivity index (χ0v) is 18.1. The second-order valence-corrected chi connectivity index (χ2v) is 8.56. The van der Waals surface area contributed by atoms with Crippen molar-refractivity contribution in [3.05, 3.63) is 60.8 Å². The van der Waals surface area contributed by atoms with Crippen molar-refractivity contribution in [2.24, 2.45) is 0 Å². The van der Waals surface area contributed by atoms with Crippen LogP contribution in [0.25, 0.3) is 11.3 Å². The number of nitrogens with zero attached hydrogens (tertiary/aromatic N) is 7. The Morgan fingerprint density at radius 1 is 1.09 bits per heavy atom. The van der Waals surface area contributed by atoms with Crippen molar-refractivity contribution in [2.75, 3.05) is 38.3 Å². The fourth-order valence-corrected chi connectivity index (χ4v) is 4.65. The molecule has 2 fully saturated rings. The molecule has 166 valence electrons. The van der Waals surface area contributed by atoms with Gasteiger partial charge in [-0.1, -0.05) is 5.21 Å². The molecule has 32 heavy (non-hydrogen) atoms. The number of amides is 1. The Morgan fingerprint density at radius 2 is 1.88 bits per heavy atom. The first-order chi connectivity index (χ1) is 15.5. The van der Waals surface area contributed by atoms with Gasteiger partial charge < -0.3 is 14.7 Å². The first-order valence-corrected chi connectivity index (χ1v) is 10.9. The molecule has 0 radical (unpaired) electrons. The van der Waals surface area contributed by atoms with E-state index in [1.165, 1.54) is 12.1 Å². The maximum absolute atomic E-state index is 13.6. The molecule has 4 heterocycles. The van der Waals surface area contributed by atoms with Crippen LogP contribution in [0.2, 0.25) is 0 Å². The zero-order valence-electron chi connectivity index (χ0n) is 18.1. The Balaban J connectivity index is 1.34. The Bertz CT molecular complexity index is 1080. The lowest BCUT2D eigenvalue weighted by Crippen LogP contribution is -2.56. The van der Waals surface area contributed by atoms with Crippen molar-refractivity contribution in [3.63, 3.8) is 0 Å². The lowest BCUT2D eigenvalue weighted by molar-refractivity contribution is -0.133. The van der Waals surface area contributed by atoms with E-state index in [2.05, 4.69) is 32.1 Å². The van der Waals surface area contributed by atoms with Gasteiger partial charge in [0.25, 0.3) is 0 Å². The molecule has 2 aliphatic heterocycles. The normalized spacial score (nSPS) is 18.6. The van der Waals surface area contributed by atoms with E-state index in [0.29, 0.717) is 19.8 Å². The highest BCUT2D eigenvalue weighted by molar-refractivity contribution is 5.93. The fourth-order valence-electron chi connectivity index (χ4n) is 4.65. The van der Waals surface area contributed by atoms with E-state index in [9.17, 15) is 9.18 Å². The predicted molar refractivity (Wildman–Crippen MR) is 118 cm³/mol. The van der Waals surface area contributed by atoms with Gasteiger partial charge in [0, 0.05) is 43.3 Å². The molecule has 0 aliphatic carbocycles. The van der Waals surface area contributed by atoms with Crippen molar-refractivity contribution in [3.8, 4) is 11.3 Å². The molecule has 1 amide bonds. The van der Waals surface area contributed by atoms with Crippen LogP contribution in [0, 0.1) is 5.82 Å². The third-order valence-electron chi connectivity index (χ3n) is 6.56. The van der Waals surface area contributed by atoms with Gasteiger partial charge in [0.2, 0.25) is 5.91 Å². The van der Waals surface area contributed by atoms with Gasteiger partial charge in [0.15, 0.2) is 0 Å². The summed E-state index contributed by atoms with van der Waals surface area (Å²) in [4.78, 5) is 24.0. The topological polar surface area (TPSA) is 70.4 Å². The Hall–Kier alpha value is -3.33. The molecule has 0 N–H and O–H groups in total. The number of carbonyl (C=O) groups excluding carboxylic acids is 1. The second-order valence-electron chi connectivity index (χ2n) is 8.56. The summed E-state index contributed by atoms with van der Waals surface area (Å²) in [6.07, 6.45) is 6.86. The number of halogens is 1. The maximum Gasteiger partial charge on any atom is 0.250 e. The van der Waals surface area contributed by atoms with E-state index in [-0.39, 0.29) is 11.7 Å². The Labute approximate surface area is 186 Å². The number of hydrogen-bond donors (Lipinski definition) is 0. The van der Waals surface area contributed by atoms with E-state index in [1.807, 2.05) is 23.2 Å². The average Bonchev–Trinajstić information content (AvgIpc) is 3.40. The smallest absolute Gasteiger partial charge is 0.250 e. The van der Waals surface area contributed by atoms with Gasteiger partial charge in [-0.25, -0.2) is 4.39 Å². The maximum atomic E-state index is 13.6. The molecule has 8 nitrogen and oxygen atoms in total. The van der Waals surface area contributed by atoms with Gasteiger partial charge in [-0.2, -0.15) is 0 Å². The summed E-state index contributed by atoms with van der Waals surface area (Å²) < 4.78 is 15.3. The van der Waals surface area contributed by atoms with Crippen LogP contribution in [0.4, 0.5) is 10.1 Å². The molecule has 1 aromatic carbocycles. The summed E-state index contributed by atoms with van der Waals surface area (Å²) >= 11 is 0. The van der Waals surface area contributed by atoms with Crippen LogP contribution in [0.1, 0.15) is 12.8 Å². The number of benzene rings is 1. The third kappa shape index (κ3) is 3.73. The summed E-state index contributed by atoms with van der Waals surface area (Å²) in [5.74, 6) is -0.133. The molecular weight excluding hydrogens is 409 g/mol. The van der Waals surface area contributed by atoms with Crippen LogP contribution in [0.5, 0.6) is 0 Å². The van der Waals surface area contributed by atoms with Crippen molar-refractivity contribution in [1.29, 1.82) is 0 Å². The van der Waals surface area contributed by atoms with Gasteiger partial charge in [0.05, 0.1) is 19.4 Å². The highest BCUT2D eigenvalue weighted by Gasteiger charge is 2.53. The molecule has 3 aromatic rings. The summed E-state index contributed by atoms with van der Waals surface area (Å²) in [6.45, 7) is 3.28. The number of carbonyl (C=O) groups is 1. The van der Waals surface area contributed by atoms with Crippen LogP contribution < -0.4 is 4.90 Å². The zero-order chi connectivity index (χ0) is 22.1. The quantitative estimate of drug-likeness (QED) is 0.612. The average molecular weight is 436 g/mol. The molecule has 2 aliphatic rings. The van der Waals surface area contributed by atoms with E-state index in [0.717, 1.165) is 42.9 Å². The first-order valence-electron chi connectivity index (χ1n) is 10.9. The largest absolute Gasteiger partial charge is 0.339 e. The predicted octanol–water partition coefficient (Wildman–Crippen LogP) is 2.25. The van der Waals surface area contributed by atoms with Crippen LogP contribution >= 0.6 is 0 Å². The van der Waals surface area contributed by atoms with Crippen molar-refractivity contribution < 1.29 is 9.18 Å². The molecule has 9 heteroatoms. The molecule has 0 atom stereocenters.